The van der Waals surface area contributed by atoms with Crippen LogP contribution in [0.25, 0.3) is 0 Å². The summed E-state index contributed by atoms with van der Waals surface area (Å²) < 4.78 is 0. The van der Waals surface area contributed by atoms with E-state index in [1.807, 2.05) is 18.2 Å². The summed E-state index contributed by atoms with van der Waals surface area (Å²) in [4.78, 5) is 10.3. The Morgan fingerprint density at radius 2 is 1.27 bits per heavy atom. The third-order valence-corrected chi connectivity index (χ3v) is 3.26. The molecule has 0 bridgehead atoms. The summed E-state index contributed by atoms with van der Waals surface area (Å²) in [6, 6.07) is 0. The number of carbonyl (C=O) groups is 1. The molecule has 0 saturated carbocycles. The molecule has 22 heavy (non-hydrogen) atoms. The Morgan fingerprint density at radius 1 is 0.727 bits per heavy atom. The first-order valence-corrected chi connectivity index (χ1v) is 8.62. The zero-order chi connectivity index (χ0) is 16.3. The van der Waals surface area contributed by atoms with E-state index in [1.165, 1.54) is 25.7 Å². The first-order chi connectivity index (χ1) is 10.8. The molecule has 0 heterocycles. The summed E-state index contributed by atoms with van der Waals surface area (Å²) in [5.41, 5.74) is 0. The second-order valence-corrected chi connectivity index (χ2v) is 5.43. The van der Waals surface area contributed by atoms with Crippen molar-refractivity contribution in [1.29, 1.82) is 0 Å². The van der Waals surface area contributed by atoms with E-state index in [2.05, 4.69) is 37.3 Å². The van der Waals surface area contributed by atoms with Crippen LogP contribution in [0.3, 0.4) is 0 Å². The fraction of sp³-hybridized carbons (Fsp3) is 0.550. The van der Waals surface area contributed by atoms with Crippen molar-refractivity contribution in [1.82, 2.24) is 0 Å². The molecule has 0 aliphatic carbocycles. The largest absolute Gasteiger partial charge is 0.481 e. The van der Waals surface area contributed by atoms with Crippen LogP contribution >= 0.6 is 0 Å². The maximum Gasteiger partial charge on any atom is 0.303 e. The monoisotopic (exact) mass is 304 g/mol. The lowest BCUT2D eigenvalue weighted by Gasteiger charge is -1.92. The predicted octanol–water partition coefficient (Wildman–Crippen LogP) is 6.22. The zero-order valence-electron chi connectivity index (χ0n) is 14.0. The van der Waals surface area contributed by atoms with Crippen molar-refractivity contribution in [2.75, 3.05) is 0 Å². The Morgan fingerprint density at radius 3 is 1.95 bits per heavy atom. The molecule has 0 aliphatic heterocycles. The molecule has 2 nitrogen and oxygen atoms in total. The van der Waals surface area contributed by atoms with Gasteiger partial charge in [-0.25, -0.2) is 0 Å². The Kier molecular flexibility index (Phi) is 16.2. The average molecular weight is 304 g/mol. The molecule has 124 valence electrons. The van der Waals surface area contributed by atoms with Crippen LogP contribution in [0.4, 0.5) is 0 Å². The minimum absolute atomic E-state index is 0.277. The molecule has 0 aromatic carbocycles. The SMILES string of the molecule is CCCCCC=CCCC=CC=CC=CCCCCC(=O)O. The van der Waals surface area contributed by atoms with E-state index < -0.39 is 5.97 Å². The Bertz CT molecular complexity index is 362. The first kappa shape index (κ1) is 20.4. The molecule has 0 amide bonds. The third-order valence-electron chi connectivity index (χ3n) is 3.26. The molecule has 0 atom stereocenters. The van der Waals surface area contributed by atoms with Crippen LogP contribution in [0.5, 0.6) is 0 Å². The molecule has 0 spiro atoms. The molecular formula is C20H32O2. The zero-order valence-corrected chi connectivity index (χ0v) is 14.0. The quantitative estimate of drug-likeness (QED) is 0.235. The molecule has 2 heteroatoms. The number of aliphatic carboxylic acids is 1. The van der Waals surface area contributed by atoms with Crippen molar-refractivity contribution in [3.63, 3.8) is 0 Å². The Hall–Kier alpha value is -1.57. The van der Waals surface area contributed by atoms with E-state index in [0.717, 1.165) is 32.1 Å². The van der Waals surface area contributed by atoms with Gasteiger partial charge in [0.2, 0.25) is 0 Å². The van der Waals surface area contributed by atoms with E-state index >= 15 is 0 Å². The number of unbranched alkanes of at least 4 members (excludes halogenated alkanes) is 6. The van der Waals surface area contributed by atoms with Crippen LogP contribution in [0.2, 0.25) is 0 Å². The number of hydrogen-bond donors (Lipinski definition) is 1. The predicted molar refractivity (Wildman–Crippen MR) is 96.0 cm³/mol. The van der Waals surface area contributed by atoms with Gasteiger partial charge in [-0.3, -0.25) is 4.79 Å². The number of rotatable bonds is 14. The van der Waals surface area contributed by atoms with E-state index in [4.69, 9.17) is 5.11 Å². The molecule has 0 saturated heterocycles. The molecule has 0 aromatic rings. The molecule has 0 unspecified atom stereocenters. The van der Waals surface area contributed by atoms with Crippen molar-refractivity contribution in [3.8, 4) is 0 Å². The summed E-state index contributed by atoms with van der Waals surface area (Å²) in [5.74, 6) is -0.704. The van der Waals surface area contributed by atoms with E-state index in [1.54, 1.807) is 0 Å². The molecular weight excluding hydrogens is 272 g/mol. The highest BCUT2D eigenvalue weighted by atomic mass is 16.4. The van der Waals surface area contributed by atoms with Crippen LogP contribution in [0.15, 0.2) is 48.6 Å². The van der Waals surface area contributed by atoms with Crippen LogP contribution in [0, 0.1) is 0 Å². The van der Waals surface area contributed by atoms with Gasteiger partial charge in [0.05, 0.1) is 0 Å². The lowest BCUT2D eigenvalue weighted by Crippen LogP contribution is -1.92. The van der Waals surface area contributed by atoms with E-state index in [-0.39, 0.29) is 6.42 Å². The molecule has 0 rings (SSSR count). The van der Waals surface area contributed by atoms with Crippen molar-refractivity contribution in [2.45, 2.75) is 71.1 Å². The van der Waals surface area contributed by atoms with Gasteiger partial charge in [-0.2, -0.15) is 0 Å². The Balaban J connectivity index is 3.42. The summed E-state index contributed by atoms with van der Waals surface area (Å²) in [7, 11) is 0. The van der Waals surface area contributed by atoms with E-state index in [9.17, 15) is 4.79 Å². The molecule has 1 N–H and O–H groups in total. The van der Waals surface area contributed by atoms with Crippen LogP contribution in [0.1, 0.15) is 71.1 Å². The van der Waals surface area contributed by atoms with Crippen LogP contribution < -0.4 is 0 Å². The molecule has 0 radical (unpaired) electrons. The van der Waals surface area contributed by atoms with Gasteiger partial charge in [0, 0.05) is 6.42 Å². The molecule has 0 aromatic heterocycles. The van der Waals surface area contributed by atoms with Gasteiger partial charge in [0.15, 0.2) is 0 Å². The van der Waals surface area contributed by atoms with Gasteiger partial charge in [0.25, 0.3) is 0 Å². The van der Waals surface area contributed by atoms with Crippen molar-refractivity contribution in [3.05, 3.63) is 48.6 Å². The summed E-state index contributed by atoms with van der Waals surface area (Å²) in [5, 5.41) is 8.50. The normalized spacial score (nSPS) is 12.4. The fourth-order valence-corrected chi connectivity index (χ4v) is 1.96. The summed E-state index contributed by atoms with van der Waals surface area (Å²) >= 11 is 0. The van der Waals surface area contributed by atoms with Gasteiger partial charge in [-0.05, 0) is 44.9 Å². The minimum Gasteiger partial charge on any atom is -0.481 e. The van der Waals surface area contributed by atoms with Crippen molar-refractivity contribution in [2.24, 2.45) is 0 Å². The van der Waals surface area contributed by atoms with Crippen LogP contribution in [-0.2, 0) is 4.79 Å². The second-order valence-electron chi connectivity index (χ2n) is 5.43. The van der Waals surface area contributed by atoms with Gasteiger partial charge in [-0.15, -0.1) is 0 Å². The van der Waals surface area contributed by atoms with Gasteiger partial charge < -0.3 is 5.11 Å². The highest BCUT2D eigenvalue weighted by Gasteiger charge is 1.93. The average Bonchev–Trinajstić information content (AvgIpc) is 2.50. The van der Waals surface area contributed by atoms with Gasteiger partial charge in [-0.1, -0.05) is 68.4 Å². The summed E-state index contributed by atoms with van der Waals surface area (Å²) in [6.45, 7) is 2.23. The standard InChI is InChI=1S/C20H32O2/c1-2-3-4-5-6-7-8-9-10-11-12-13-14-15-16-17-18-19-20(21)22/h6-7,10-15H,2-5,8-9,16-19H2,1H3,(H,21,22). The van der Waals surface area contributed by atoms with Gasteiger partial charge in [0.1, 0.15) is 0 Å². The summed E-state index contributed by atoms with van der Waals surface area (Å²) in [6.07, 6.45) is 27.3. The fourth-order valence-electron chi connectivity index (χ4n) is 1.96. The number of hydrogen-bond acceptors (Lipinski definition) is 1. The number of carboxylic acid groups (broad SMARTS) is 1. The van der Waals surface area contributed by atoms with Crippen molar-refractivity contribution >= 4 is 5.97 Å². The highest BCUT2D eigenvalue weighted by Crippen LogP contribution is 2.02. The number of carboxylic acids is 1. The molecule has 0 fully saturated rings. The van der Waals surface area contributed by atoms with Crippen molar-refractivity contribution < 1.29 is 9.90 Å². The minimum atomic E-state index is -0.704. The highest BCUT2D eigenvalue weighted by molar-refractivity contribution is 5.66. The van der Waals surface area contributed by atoms with E-state index in [0.29, 0.717) is 0 Å². The maximum absolute atomic E-state index is 10.3. The number of allylic oxidation sites excluding steroid dienone is 8. The van der Waals surface area contributed by atoms with Crippen LogP contribution in [-0.4, -0.2) is 11.1 Å². The maximum atomic E-state index is 10.3. The first-order valence-electron chi connectivity index (χ1n) is 8.62. The second kappa shape index (κ2) is 17.5. The Labute approximate surface area is 136 Å². The third kappa shape index (κ3) is 18.4. The topological polar surface area (TPSA) is 37.3 Å². The lowest BCUT2D eigenvalue weighted by atomic mass is 10.2. The lowest BCUT2D eigenvalue weighted by molar-refractivity contribution is -0.137. The van der Waals surface area contributed by atoms with Gasteiger partial charge >= 0.3 is 5.97 Å². The molecule has 0 aliphatic rings. The smallest absolute Gasteiger partial charge is 0.303 e.